The van der Waals surface area contributed by atoms with Gasteiger partial charge in [-0.1, -0.05) is 77.2 Å². The molecule has 0 fully saturated rings. The minimum Gasteiger partial charge on any atom is -0.464 e. The van der Waals surface area contributed by atoms with Crippen LogP contribution >= 0.6 is 0 Å². The number of hydrogen-bond acceptors (Lipinski definition) is 5. The van der Waals surface area contributed by atoms with E-state index in [0.29, 0.717) is 0 Å². The number of carbonyl (C=O) groups is 2. The van der Waals surface area contributed by atoms with Crippen molar-refractivity contribution in [3.63, 3.8) is 0 Å². The molecule has 2 N–H and O–H groups in total. The van der Waals surface area contributed by atoms with E-state index in [2.05, 4.69) is 6.92 Å². The van der Waals surface area contributed by atoms with E-state index in [9.17, 15) is 9.59 Å². The molecule has 0 saturated carbocycles. The van der Waals surface area contributed by atoms with Gasteiger partial charge in [0.2, 0.25) is 0 Å². The van der Waals surface area contributed by atoms with E-state index in [4.69, 9.17) is 15.2 Å². The molecule has 27 heavy (non-hydrogen) atoms. The lowest BCUT2D eigenvalue weighted by Gasteiger charge is -2.20. The minimum absolute atomic E-state index is 0.0378. The number of carbonyl (C=O) groups excluding carboxylic acids is 2. The number of hydrogen-bond donors (Lipinski definition) is 1. The van der Waals surface area contributed by atoms with Crippen LogP contribution in [-0.4, -0.2) is 30.7 Å². The summed E-state index contributed by atoms with van der Waals surface area (Å²) in [6, 6.07) is -0.550. The van der Waals surface area contributed by atoms with Gasteiger partial charge in [-0.25, -0.2) is 0 Å². The summed E-state index contributed by atoms with van der Waals surface area (Å²) in [4.78, 5) is 22.1. The van der Waals surface area contributed by atoms with Crippen molar-refractivity contribution in [3.8, 4) is 0 Å². The second-order valence-corrected chi connectivity index (χ2v) is 7.29. The predicted octanol–water partition coefficient (Wildman–Crippen LogP) is 5.07. The maximum Gasteiger partial charge on any atom is 0.303 e. The van der Waals surface area contributed by atoms with E-state index >= 15 is 0 Å². The molecule has 2 unspecified atom stereocenters. The Morgan fingerprint density at radius 3 is 1.85 bits per heavy atom. The highest BCUT2D eigenvalue weighted by atomic mass is 16.6. The summed E-state index contributed by atoms with van der Waals surface area (Å²) in [5, 5.41) is 0. The monoisotopic (exact) mass is 383 g/mol. The minimum atomic E-state index is -0.561. The van der Waals surface area contributed by atoms with Crippen molar-refractivity contribution in [3.05, 3.63) is 12.2 Å². The molecule has 0 aromatic heterocycles. The Balaban J connectivity index is 3.79. The summed E-state index contributed by atoms with van der Waals surface area (Å²) >= 11 is 0. The molecule has 2 atom stereocenters. The molecule has 0 aliphatic carbocycles. The van der Waals surface area contributed by atoms with Gasteiger partial charge in [-0.15, -0.1) is 0 Å². The molecule has 0 aliphatic heterocycles. The van der Waals surface area contributed by atoms with Crippen molar-refractivity contribution in [2.45, 2.75) is 110 Å². The van der Waals surface area contributed by atoms with Gasteiger partial charge in [0.1, 0.15) is 12.7 Å². The van der Waals surface area contributed by atoms with Gasteiger partial charge >= 0.3 is 11.9 Å². The van der Waals surface area contributed by atoms with Crippen LogP contribution < -0.4 is 5.73 Å². The Hall–Kier alpha value is -1.36. The Labute approximate surface area is 166 Å². The van der Waals surface area contributed by atoms with Crippen molar-refractivity contribution in [1.29, 1.82) is 0 Å². The van der Waals surface area contributed by atoms with E-state index < -0.39 is 24.1 Å². The van der Waals surface area contributed by atoms with E-state index in [0.717, 1.165) is 12.8 Å². The molecule has 0 rings (SSSR count). The first kappa shape index (κ1) is 25.6. The van der Waals surface area contributed by atoms with Crippen LogP contribution in [0, 0.1) is 0 Å². The van der Waals surface area contributed by atoms with Gasteiger partial charge in [0.05, 0.1) is 6.04 Å². The quantitative estimate of drug-likeness (QED) is 0.216. The van der Waals surface area contributed by atoms with Gasteiger partial charge in [-0.3, -0.25) is 9.59 Å². The highest BCUT2D eigenvalue weighted by Crippen LogP contribution is 2.12. The van der Waals surface area contributed by atoms with Crippen LogP contribution in [-0.2, 0) is 19.1 Å². The molecule has 0 bridgehead atoms. The number of ether oxygens (including phenoxy) is 2. The molecular formula is C22H41NO4. The molecule has 0 aromatic rings. The number of esters is 2. The summed E-state index contributed by atoms with van der Waals surface area (Å²) in [7, 11) is 0. The molecule has 0 radical (unpaired) electrons. The molecular weight excluding hydrogens is 342 g/mol. The van der Waals surface area contributed by atoms with Gasteiger partial charge in [-0.05, 0) is 18.9 Å². The molecule has 0 saturated heterocycles. The Morgan fingerprint density at radius 2 is 1.37 bits per heavy atom. The summed E-state index contributed by atoms with van der Waals surface area (Å²) in [6.45, 7) is 4.97. The molecule has 5 heteroatoms. The summed E-state index contributed by atoms with van der Waals surface area (Å²) in [5.74, 6) is -0.783. The third kappa shape index (κ3) is 17.8. The fourth-order valence-corrected chi connectivity index (χ4v) is 2.93. The van der Waals surface area contributed by atoms with Crippen molar-refractivity contribution in [2.24, 2.45) is 5.73 Å². The van der Waals surface area contributed by atoms with Crippen LogP contribution in [0.4, 0.5) is 0 Å². The molecule has 0 aliphatic rings. The van der Waals surface area contributed by atoms with E-state index in [1.165, 1.54) is 78.1 Å². The topological polar surface area (TPSA) is 78.6 Å². The predicted molar refractivity (Wildman–Crippen MR) is 110 cm³/mol. The largest absolute Gasteiger partial charge is 0.464 e. The van der Waals surface area contributed by atoms with Crippen molar-refractivity contribution in [1.82, 2.24) is 0 Å². The van der Waals surface area contributed by atoms with Crippen molar-refractivity contribution >= 4 is 11.9 Å². The van der Waals surface area contributed by atoms with Crippen molar-refractivity contribution in [2.75, 3.05) is 6.61 Å². The zero-order valence-corrected chi connectivity index (χ0v) is 17.7. The summed E-state index contributed by atoms with van der Waals surface area (Å²) in [6.07, 6.45) is 18.7. The van der Waals surface area contributed by atoms with Crippen LogP contribution in [0.25, 0.3) is 0 Å². The third-order valence-corrected chi connectivity index (χ3v) is 4.50. The van der Waals surface area contributed by atoms with Crippen LogP contribution in [0.5, 0.6) is 0 Å². The molecule has 5 nitrogen and oxygen atoms in total. The fraction of sp³-hybridized carbons (Fsp3) is 0.818. The standard InChI is InChI=1S/C22H41NO4/c1-4-5-6-7-8-9-10-11-12-13-14-15-16-17-22(27-20(3)25)21(23)18-26-19(2)24/h16-17,21-22H,4-15,18,23H2,1-3H3. The number of rotatable bonds is 17. The van der Waals surface area contributed by atoms with Crippen LogP contribution in [0.1, 0.15) is 97.8 Å². The van der Waals surface area contributed by atoms with E-state index in [-0.39, 0.29) is 6.61 Å². The molecule has 0 spiro atoms. The number of allylic oxidation sites excluding steroid dienone is 1. The second-order valence-electron chi connectivity index (χ2n) is 7.29. The second kappa shape index (κ2) is 18.0. The van der Waals surface area contributed by atoms with E-state index in [1.807, 2.05) is 12.2 Å². The van der Waals surface area contributed by atoms with Gasteiger partial charge in [0.15, 0.2) is 0 Å². The number of nitrogens with two attached hydrogens (primary N) is 1. The van der Waals surface area contributed by atoms with E-state index in [1.54, 1.807) is 0 Å². The van der Waals surface area contributed by atoms with Gasteiger partial charge in [0, 0.05) is 13.8 Å². The lowest BCUT2D eigenvalue weighted by atomic mass is 10.0. The van der Waals surface area contributed by atoms with Crippen LogP contribution in [0.15, 0.2) is 12.2 Å². The SMILES string of the molecule is CCCCCCCCCCCCCC=CC(OC(C)=O)C(N)COC(C)=O. The zero-order chi connectivity index (χ0) is 20.3. The highest BCUT2D eigenvalue weighted by Gasteiger charge is 2.19. The van der Waals surface area contributed by atoms with Gasteiger partial charge in [-0.2, -0.15) is 0 Å². The summed E-state index contributed by atoms with van der Waals surface area (Å²) < 4.78 is 10.1. The maximum absolute atomic E-state index is 11.2. The van der Waals surface area contributed by atoms with Gasteiger partial charge in [0.25, 0.3) is 0 Å². The first-order chi connectivity index (χ1) is 13.0. The molecule has 0 aromatic carbocycles. The first-order valence-corrected chi connectivity index (χ1v) is 10.7. The lowest BCUT2D eigenvalue weighted by Crippen LogP contribution is -2.40. The summed E-state index contributed by atoms with van der Waals surface area (Å²) in [5.41, 5.74) is 5.96. The lowest BCUT2D eigenvalue weighted by molar-refractivity contribution is -0.147. The van der Waals surface area contributed by atoms with Crippen molar-refractivity contribution < 1.29 is 19.1 Å². The Kier molecular flexibility index (Phi) is 17.1. The maximum atomic E-state index is 11.2. The Bertz CT molecular complexity index is 409. The zero-order valence-electron chi connectivity index (χ0n) is 17.7. The first-order valence-electron chi connectivity index (χ1n) is 10.7. The number of unbranched alkanes of at least 4 members (excludes halogenated alkanes) is 11. The molecule has 0 heterocycles. The van der Waals surface area contributed by atoms with Gasteiger partial charge < -0.3 is 15.2 Å². The fourth-order valence-electron chi connectivity index (χ4n) is 2.93. The normalized spacial score (nSPS) is 13.5. The Morgan fingerprint density at radius 1 is 0.852 bits per heavy atom. The third-order valence-electron chi connectivity index (χ3n) is 4.50. The average molecular weight is 384 g/mol. The van der Waals surface area contributed by atoms with Crippen LogP contribution in [0.3, 0.4) is 0 Å². The smallest absolute Gasteiger partial charge is 0.303 e. The van der Waals surface area contributed by atoms with Crippen LogP contribution in [0.2, 0.25) is 0 Å². The average Bonchev–Trinajstić information content (AvgIpc) is 2.62. The molecule has 158 valence electrons. The molecule has 0 amide bonds. The highest BCUT2D eigenvalue weighted by molar-refractivity contribution is 5.66.